The first-order valence-electron chi connectivity index (χ1n) is 39.7. The van der Waals surface area contributed by atoms with Crippen LogP contribution in [0.4, 0.5) is 34.1 Å². The molecular weight excluding hydrogens is 1360 g/mol. The molecule has 0 amide bonds. The van der Waals surface area contributed by atoms with Crippen molar-refractivity contribution in [2.75, 3.05) is 9.80 Å². The molecule has 2 aliphatic heterocycles. The van der Waals surface area contributed by atoms with Crippen LogP contribution in [0.15, 0.2) is 394 Å². The number of rotatable bonds is 14. The van der Waals surface area contributed by atoms with E-state index in [0.717, 1.165) is 134 Å². The second kappa shape index (κ2) is 27.5. The number of hydrogen-bond acceptors (Lipinski definition) is 2. The molecule has 5 heteroatoms. The van der Waals surface area contributed by atoms with Gasteiger partial charge in [-0.05, 0) is 215 Å². The maximum Gasteiger partial charge on any atom is 0.252 e. The molecule has 4 heterocycles. The van der Waals surface area contributed by atoms with E-state index in [9.17, 15) is 0 Å². The van der Waals surface area contributed by atoms with Crippen LogP contribution in [-0.4, -0.2) is 15.8 Å². The molecule has 21 rings (SSSR count). The lowest BCUT2D eigenvalue weighted by atomic mass is 9.33. The molecule has 2 aliphatic rings. The molecule has 113 heavy (non-hydrogen) atoms. The highest BCUT2D eigenvalue weighted by atomic mass is 15.2. The number of anilines is 6. The zero-order valence-corrected chi connectivity index (χ0v) is 63.5. The normalized spacial score (nSPS) is 12.4. The monoisotopic (exact) mass is 1440 g/mol. The second-order valence-corrected chi connectivity index (χ2v) is 31.1. The van der Waals surface area contributed by atoms with Crippen LogP contribution in [0.5, 0.6) is 0 Å². The molecular formula is C108H79BN4. The van der Waals surface area contributed by atoms with Crippen molar-refractivity contribution < 1.29 is 0 Å². The van der Waals surface area contributed by atoms with Crippen molar-refractivity contribution in [3.63, 3.8) is 0 Å². The van der Waals surface area contributed by atoms with Crippen LogP contribution in [0, 0.1) is 0 Å². The van der Waals surface area contributed by atoms with Gasteiger partial charge in [0, 0.05) is 77.9 Å². The summed E-state index contributed by atoms with van der Waals surface area (Å²) in [5.74, 6) is 0.404. The maximum atomic E-state index is 2.70. The van der Waals surface area contributed by atoms with Gasteiger partial charge in [0.15, 0.2) is 0 Å². The highest BCUT2D eigenvalue weighted by molar-refractivity contribution is 7.00. The van der Waals surface area contributed by atoms with Crippen molar-refractivity contribution in [2.45, 2.75) is 39.5 Å². The average Bonchev–Trinajstić information content (AvgIpc) is 1.06. The Balaban J connectivity index is 0.884. The van der Waals surface area contributed by atoms with E-state index in [1.807, 2.05) is 0 Å². The molecule has 19 aromatic rings. The van der Waals surface area contributed by atoms with E-state index in [0.29, 0.717) is 0 Å². The Hall–Kier alpha value is -14.0. The standard InChI is InChI=1S/C108H79BN4/c1-70(2)84-64-92(74-34-13-7-14-35-74)107(94(66-84)82-44-27-42-80(62-82)78-40-25-38-76(60-78)72-30-9-5-10-31-72)112-102-54-29-55-103-106(102)109(96-58-56-86(68-104(96)112)110-98-50-21-17-46-88(98)89-47-18-22-51-99(89)110)97-59-57-87(111-100-52-23-19-48-90(100)91-49-20-24-53-101(91)111)69-105(97)113(103)108-93(75-36-15-8-16-37-75)65-85(71(3)4)67-95(108)83-45-28-43-81(63-83)79-41-26-39-77(61-79)73-32-11-6-12-33-73/h5-71H,1-4H3. The summed E-state index contributed by atoms with van der Waals surface area (Å²) in [6, 6.07) is 149. The predicted octanol–water partition coefficient (Wildman–Crippen LogP) is 27.5. The fraction of sp³-hybridized carbons (Fsp3) is 0.0556. The molecule has 0 N–H and O–H groups in total. The first-order valence-corrected chi connectivity index (χ1v) is 39.7. The average molecular weight is 1440 g/mol. The van der Waals surface area contributed by atoms with Crippen LogP contribution in [0.1, 0.15) is 50.7 Å². The number of para-hydroxylation sites is 4. The largest absolute Gasteiger partial charge is 0.310 e. The summed E-state index contributed by atoms with van der Waals surface area (Å²) in [7, 11) is 0. The van der Waals surface area contributed by atoms with Gasteiger partial charge in [0.05, 0.1) is 33.4 Å². The molecule has 0 unspecified atom stereocenters. The zero-order chi connectivity index (χ0) is 75.4. The lowest BCUT2D eigenvalue weighted by Gasteiger charge is -2.46. The molecule has 534 valence electrons. The zero-order valence-electron chi connectivity index (χ0n) is 63.5. The Kier molecular flexibility index (Phi) is 16.4. The molecule has 0 bridgehead atoms. The summed E-state index contributed by atoms with van der Waals surface area (Å²) >= 11 is 0. The van der Waals surface area contributed by atoms with Crippen LogP contribution < -0.4 is 26.2 Å². The molecule has 0 fully saturated rings. The van der Waals surface area contributed by atoms with E-state index in [1.165, 1.54) is 71.3 Å². The topological polar surface area (TPSA) is 16.3 Å². The molecule has 0 atom stereocenters. The van der Waals surface area contributed by atoms with E-state index in [4.69, 9.17) is 0 Å². The van der Waals surface area contributed by atoms with Crippen molar-refractivity contribution in [2.24, 2.45) is 0 Å². The quantitative estimate of drug-likeness (QED) is 0.101. The van der Waals surface area contributed by atoms with Gasteiger partial charge in [0.2, 0.25) is 0 Å². The van der Waals surface area contributed by atoms with Crippen molar-refractivity contribution >= 4 is 101 Å². The van der Waals surface area contributed by atoms with Gasteiger partial charge in [-0.1, -0.05) is 313 Å². The molecule has 0 spiro atoms. The number of hydrogen-bond donors (Lipinski definition) is 0. The van der Waals surface area contributed by atoms with Gasteiger partial charge in [0.1, 0.15) is 0 Å². The van der Waals surface area contributed by atoms with Crippen LogP contribution in [0.25, 0.3) is 144 Å². The Bertz CT molecular complexity index is 6430. The summed E-state index contributed by atoms with van der Waals surface area (Å²) in [4.78, 5) is 5.41. The third-order valence-corrected chi connectivity index (χ3v) is 23.8. The van der Waals surface area contributed by atoms with Gasteiger partial charge in [-0.3, -0.25) is 0 Å². The molecule has 17 aromatic carbocycles. The van der Waals surface area contributed by atoms with Gasteiger partial charge in [0.25, 0.3) is 6.71 Å². The minimum atomic E-state index is -0.254. The van der Waals surface area contributed by atoms with Crippen LogP contribution >= 0.6 is 0 Å². The molecule has 4 nitrogen and oxygen atoms in total. The number of fused-ring (bicyclic) bond motifs is 10. The minimum Gasteiger partial charge on any atom is -0.310 e. The van der Waals surface area contributed by atoms with Crippen LogP contribution in [0.3, 0.4) is 0 Å². The SMILES string of the molecule is CC(C)c1cc(-c2ccccc2)c(N2c3cc(-n4c5ccccc5c5ccccc54)ccc3B3c4ccc(-n5c6ccccc6c6ccccc65)cc4N(c4c(-c5ccccc5)cc(C(C)C)cc4-c4cccc(-c5cccc(-c6ccccc6)c5)c4)c4cccc2c43)c(-c2cccc(-c3cccc(-c4ccccc4)c3)c2)c1. The molecule has 0 radical (unpaired) electrons. The minimum absolute atomic E-state index is 0.202. The number of aromatic nitrogens is 2. The Labute approximate surface area is 660 Å². The molecule has 0 saturated heterocycles. The Morgan fingerprint density at radius 3 is 0.814 bits per heavy atom. The first-order chi connectivity index (χ1) is 55.7. The smallest absolute Gasteiger partial charge is 0.252 e. The van der Waals surface area contributed by atoms with Gasteiger partial charge in [-0.25, -0.2) is 0 Å². The van der Waals surface area contributed by atoms with Crippen molar-refractivity contribution in [1.29, 1.82) is 0 Å². The number of nitrogens with zero attached hydrogens (tertiary/aromatic N) is 4. The van der Waals surface area contributed by atoms with Gasteiger partial charge in [-0.15, -0.1) is 0 Å². The van der Waals surface area contributed by atoms with E-state index < -0.39 is 0 Å². The van der Waals surface area contributed by atoms with Gasteiger partial charge >= 0.3 is 0 Å². The lowest BCUT2D eigenvalue weighted by molar-refractivity contribution is 0.867. The highest BCUT2D eigenvalue weighted by Gasteiger charge is 2.46. The Morgan fingerprint density at radius 2 is 0.478 bits per heavy atom. The molecule has 0 aliphatic carbocycles. The summed E-state index contributed by atoms with van der Waals surface area (Å²) in [5, 5.41) is 4.89. The first kappa shape index (κ1) is 67.1. The van der Waals surface area contributed by atoms with Crippen LogP contribution in [0.2, 0.25) is 0 Å². The third-order valence-electron chi connectivity index (χ3n) is 23.8. The highest BCUT2D eigenvalue weighted by Crippen LogP contribution is 2.55. The van der Waals surface area contributed by atoms with E-state index in [2.05, 4.69) is 441 Å². The van der Waals surface area contributed by atoms with Crippen molar-refractivity contribution in [3.8, 4) is 100 Å². The number of benzene rings is 17. The summed E-state index contributed by atoms with van der Waals surface area (Å²) < 4.78 is 5.00. The summed E-state index contributed by atoms with van der Waals surface area (Å²) in [5.41, 5.74) is 38.3. The Morgan fingerprint density at radius 1 is 0.212 bits per heavy atom. The third kappa shape index (κ3) is 11.4. The van der Waals surface area contributed by atoms with Crippen LogP contribution in [-0.2, 0) is 0 Å². The van der Waals surface area contributed by atoms with Gasteiger partial charge in [-0.2, -0.15) is 0 Å². The van der Waals surface area contributed by atoms with Crippen molar-refractivity contribution in [1.82, 2.24) is 9.13 Å². The second-order valence-electron chi connectivity index (χ2n) is 31.1. The maximum absolute atomic E-state index is 2.70. The summed E-state index contributed by atoms with van der Waals surface area (Å²) in [6.07, 6.45) is 0. The fourth-order valence-electron chi connectivity index (χ4n) is 18.4. The summed E-state index contributed by atoms with van der Waals surface area (Å²) in [6.45, 7) is 9.12. The van der Waals surface area contributed by atoms with Gasteiger partial charge < -0.3 is 18.9 Å². The molecule has 2 aromatic heterocycles. The predicted molar refractivity (Wildman–Crippen MR) is 481 cm³/mol. The fourth-order valence-corrected chi connectivity index (χ4v) is 18.4. The van der Waals surface area contributed by atoms with E-state index in [1.54, 1.807) is 0 Å². The van der Waals surface area contributed by atoms with E-state index >= 15 is 0 Å². The van der Waals surface area contributed by atoms with E-state index in [-0.39, 0.29) is 18.5 Å². The van der Waals surface area contributed by atoms with Crippen molar-refractivity contribution in [3.05, 3.63) is 405 Å². The lowest BCUT2D eigenvalue weighted by Crippen LogP contribution is -2.61. The molecule has 0 saturated carbocycles.